The van der Waals surface area contributed by atoms with Gasteiger partial charge in [0, 0.05) is 17.0 Å². The molecule has 5 rings (SSSR count). The Kier molecular flexibility index (Phi) is 6.60. The van der Waals surface area contributed by atoms with Gasteiger partial charge in [0.25, 0.3) is 5.91 Å². The number of anilines is 4. The van der Waals surface area contributed by atoms with E-state index in [0.29, 0.717) is 45.3 Å². The number of nitrogens with zero attached hydrogens (tertiary/aromatic N) is 2. The van der Waals surface area contributed by atoms with Crippen LogP contribution in [-0.2, 0) is 0 Å². The molecule has 1 amide bonds. The van der Waals surface area contributed by atoms with Crippen molar-refractivity contribution in [3.05, 3.63) is 65.6 Å². The molecule has 2 aromatic carbocycles. The molecule has 37 heavy (non-hydrogen) atoms. The van der Waals surface area contributed by atoms with Crippen LogP contribution in [-0.4, -0.2) is 52.8 Å². The van der Waals surface area contributed by atoms with Crippen molar-refractivity contribution in [2.75, 3.05) is 42.3 Å². The van der Waals surface area contributed by atoms with Crippen LogP contribution in [0.4, 0.5) is 23.0 Å². The summed E-state index contributed by atoms with van der Waals surface area (Å²) >= 11 is 0. The van der Waals surface area contributed by atoms with E-state index in [1.54, 1.807) is 30.3 Å². The molecule has 11 heteroatoms. The number of methoxy groups -OCH3 is 1. The molecule has 190 valence electrons. The first-order valence-corrected chi connectivity index (χ1v) is 12.0. The van der Waals surface area contributed by atoms with Crippen molar-refractivity contribution >= 4 is 45.5 Å². The molecule has 1 aliphatic rings. The van der Waals surface area contributed by atoms with Crippen molar-refractivity contribution in [2.24, 2.45) is 0 Å². The van der Waals surface area contributed by atoms with Crippen LogP contribution < -0.4 is 32.2 Å². The highest BCUT2D eigenvalue weighted by Gasteiger charge is 2.21. The topological polar surface area (TPSA) is 180 Å². The summed E-state index contributed by atoms with van der Waals surface area (Å²) in [7, 11) is 1.51. The summed E-state index contributed by atoms with van der Waals surface area (Å²) in [6, 6.07) is 12.6. The minimum Gasteiger partial charge on any atom is -0.495 e. The number of carbonyl (C=O) groups is 1. The summed E-state index contributed by atoms with van der Waals surface area (Å²) in [6.45, 7) is 1.84. The fourth-order valence-electron chi connectivity index (χ4n) is 4.50. The van der Waals surface area contributed by atoms with Crippen LogP contribution in [0.15, 0.2) is 48.8 Å². The Bertz CT molecular complexity index is 1470. The lowest BCUT2D eigenvalue weighted by atomic mass is 10.0. The van der Waals surface area contributed by atoms with Gasteiger partial charge in [0.2, 0.25) is 0 Å². The van der Waals surface area contributed by atoms with E-state index in [9.17, 15) is 4.79 Å². The first-order valence-electron chi connectivity index (χ1n) is 12.0. The standard InChI is InChI=1S/C26H29N9O2/c1-37-20-12-14(22(28)21-24(29)31-13-32-25(21)33-16-7-9-30-10-8-16)5-6-18(20)35-26(36)19-11-15-3-2-4-17(27)23(15)34-19/h2-6,11-13,16,28,30,34H,7-10,27H2,1H3,(H,35,36)(H3,29,31,32,33). The minimum absolute atomic E-state index is 0.150. The van der Waals surface area contributed by atoms with Crippen LogP contribution in [0.5, 0.6) is 5.75 Å². The number of carbonyl (C=O) groups excluding carboxylic acids is 1. The van der Waals surface area contributed by atoms with Crippen LogP contribution in [0.1, 0.15) is 34.5 Å². The second-order valence-electron chi connectivity index (χ2n) is 8.89. The number of aromatic nitrogens is 3. The normalized spacial score (nSPS) is 13.9. The predicted octanol–water partition coefficient (Wildman–Crippen LogP) is 2.96. The Balaban J connectivity index is 1.39. The monoisotopic (exact) mass is 499 g/mol. The number of para-hydroxylation sites is 1. The second-order valence-corrected chi connectivity index (χ2v) is 8.89. The summed E-state index contributed by atoms with van der Waals surface area (Å²) < 4.78 is 5.54. The number of amides is 1. The summed E-state index contributed by atoms with van der Waals surface area (Å²) in [5.74, 6) is 0.796. The summed E-state index contributed by atoms with van der Waals surface area (Å²) in [6.07, 6.45) is 3.29. The number of nitrogen functional groups attached to an aromatic ring is 2. The second kappa shape index (κ2) is 10.2. The number of ether oxygens (including phenoxy) is 1. The Hall–Kier alpha value is -4.64. The van der Waals surface area contributed by atoms with Crippen LogP contribution >= 0.6 is 0 Å². The summed E-state index contributed by atoms with van der Waals surface area (Å²) in [5.41, 5.74) is 15.4. The molecular formula is C26H29N9O2. The molecule has 0 atom stereocenters. The summed E-state index contributed by atoms with van der Waals surface area (Å²) in [5, 5.41) is 19.4. The van der Waals surface area contributed by atoms with Gasteiger partial charge in [0.05, 0.1) is 35.3 Å². The van der Waals surface area contributed by atoms with Gasteiger partial charge in [0.15, 0.2) is 0 Å². The molecule has 1 aliphatic heterocycles. The van der Waals surface area contributed by atoms with Crippen molar-refractivity contribution < 1.29 is 9.53 Å². The Morgan fingerprint density at radius 1 is 1.14 bits per heavy atom. The van der Waals surface area contributed by atoms with Gasteiger partial charge >= 0.3 is 0 Å². The fraction of sp³-hybridized carbons (Fsp3) is 0.231. The number of fused-ring (bicyclic) bond motifs is 1. The molecule has 0 saturated carbocycles. The van der Waals surface area contributed by atoms with E-state index in [0.717, 1.165) is 31.3 Å². The van der Waals surface area contributed by atoms with E-state index in [4.69, 9.17) is 21.6 Å². The van der Waals surface area contributed by atoms with Crippen LogP contribution in [0.25, 0.3) is 10.9 Å². The Morgan fingerprint density at radius 2 is 1.95 bits per heavy atom. The van der Waals surface area contributed by atoms with E-state index in [2.05, 4.69) is 30.9 Å². The molecule has 0 spiro atoms. The molecule has 3 heterocycles. The Labute approximate surface area is 213 Å². The number of benzene rings is 2. The third-order valence-electron chi connectivity index (χ3n) is 6.48. The minimum atomic E-state index is -0.342. The number of H-pyrrole nitrogens is 1. The zero-order valence-corrected chi connectivity index (χ0v) is 20.4. The lowest BCUT2D eigenvalue weighted by Gasteiger charge is -2.25. The van der Waals surface area contributed by atoms with E-state index in [1.165, 1.54) is 13.4 Å². The lowest BCUT2D eigenvalue weighted by molar-refractivity contribution is 0.102. The maximum absolute atomic E-state index is 13.0. The van der Waals surface area contributed by atoms with Crippen molar-refractivity contribution in [1.29, 1.82) is 5.41 Å². The number of hydrogen-bond donors (Lipinski definition) is 7. The van der Waals surface area contributed by atoms with Crippen molar-refractivity contribution in [1.82, 2.24) is 20.3 Å². The van der Waals surface area contributed by atoms with Crippen LogP contribution in [0, 0.1) is 5.41 Å². The quantitative estimate of drug-likeness (QED) is 0.150. The number of rotatable bonds is 7. The van der Waals surface area contributed by atoms with Crippen LogP contribution in [0.2, 0.25) is 0 Å². The van der Waals surface area contributed by atoms with Gasteiger partial charge in [-0.15, -0.1) is 0 Å². The molecule has 0 unspecified atom stereocenters. The Morgan fingerprint density at radius 3 is 2.70 bits per heavy atom. The third-order valence-corrected chi connectivity index (χ3v) is 6.48. The van der Waals surface area contributed by atoms with Gasteiger partial charge in [-0.2, -0.15) is 0 Å². The highest BCUT2D eigenvalue weighted by atomic mass is 16.5. The van der Waals surface area contributed by atoms with E-state index in [1.807, 2.05) is 12.1 Å². The molecule has 0 radical (unpaired) electrons. The first-order chi connectivity index (χ1) is 17.9. The van der Waals surface area contributed by atoms with Crippen molar-refractivity contribution in [3.63, 3.8) is 0 Å². The molecule has 0 bridgehead atoms. The highest BCUT2D eigenvalue weighted by Crippen LogP contribution is 2.30. The largest absolute Gasteiger partial charge is 0.495 e. The van der Waals surface area contributed by atoms with Crippen LogP contribution in [0.3, 0.4) is 0 Å². The lowest BCUT2D eigenvalue weighted by Crippen LogP contribution is -2.36. The zero-order chi connectivity index (χ0) is 25.9. The number of nitrogens with one attached hydrogen (secondary N) is 5. The number of piperidine rings is 1. The number of nitrogens with two attached hydrogens (primary N) is 2. The molecule has 1 saturated heterocycles. The van der Waals surface area contributed by atoms with E-state index < -0.39 is 0 Å². The van der Waals surface area contributed by atoms with Gasteiger partial charge in [0.1, 0.15) is 29.4 Å². The van der Waals surface area contributed by atoms with Crippen molar-refractivity contribution in [2.45, 2.75) is 18.9 Å². The third kappa shape index (κ3) is 4.89. The van der Waals surface area contributed by atoms with Gasteiger partial charge in [-0.1, -0.05) is 18.2 Å². The number of aromatic amines is 1. The molecule has 0 aliphatic carbocycles. The summed E-state index contributed by atoms with van der Waals surface area (Å²) in [4.78, 5) is 24.5. The number of hydrogen-bond acceptors (Lipinski definition) is 9. The maximum Gasteiger partial charge on any atom is 0.272 e. The molecule has 2 aromatic heterocycles. The van der Waals surface area contributed by atoms with Gasteiger partial charge < -0.3 is 37.1 Å². The molecular weight excluding hydrogens is 470 g/mol. The first kappa shape index (κ1) is 24.1. The fourth-order valence-corrected chi connectivity index (χ4v) is 4.50. The van der Waals surface area contributed by atoms with E-state index >= 15 is 0 Å². The van der Waals surface area contributed by atoms with Crippen molar-refractivity contribution in [3.8, 4) is 5.75 Å². The average Bonchev–Trinajstić information content (AvgIpc) is 3.35. The van der Waals surface area contributed by atoms with Gasteiger partial charge in [-0.05, 0) is 50.2 Å². The average molecular weight is 500 g/mol. The smallest absolute Gasteiger partial charge is 0.272 e. The molecule has 9 N–H and O–H groups in total. The molecule has 1 fully saturated rings. The van der Waals surface area contributed by atoms with Gasteiger partial charge in [-0.3, -0.25) is 10.2 Å². The zero-order valence-electron chi connectivity index (χ0n) is 20.4. The van der Waals surface area contributed by atoms with E-state index in [-0.39, 0.29) is 23.5 Å². The van der Waals surface area contributed by atoms with Gasteiger partial charge in [-0.25, -0.2) is 9.97 Å². The predicted molar refractivity (Wildman–Crippen MR) is 146 cm³/mol. The maximum atomic E-state index is 13.0. The highest BCUT2D eigenvalue weighted by molar-refractivity contribution is 6.17. The molecule has 11 nitrogen and oxygen atoms in total. The molecule has 4 aromatic rings. The SMILES string of the molecule is COc1cc(C(=N)c2c(N)ncnc2NC2CCNCC2)ccc1NC(=O)c1cc2cccc(N)c2[nH]1.